The van der Waals surface area contributed by atoms with Crippen molar-refractivity contribution in [3.05, 3.63) is 35.5 Å². The molecule has 0 spiro atoms. The van der Waals surface area contributed by atoms with Crippen molar-refractivity contribution in [2.45, 2.75) is 13.3 Å². The first-order chi connectivity index (χ1) is 6.74. The predicted octanol–water partition coefficient (Wildman–Crippen LogP) is 2.43. The van der Waals surface area contributed by atoms with Crippen LogP contribution in [0, 0.1) is 0 Å². The number of fused-ring (bicyclic) bond motifs is 1. The second-order valence-corrected chi connectivity index (χ2v) is 3.19. The molecule has 0 saturated heterocycles. The number of carboxylic acids is 1. The second-order valence-electron chi connectivity index (χ2n) is 3.19. The number of hydrogen-bond acceptors (Lipinski definition) is 1. The second kappa shape index (κ2) is 3.18. The van der Waals surface area contributed by atoms with Crippen LogP contribution >= 0.6 is 0 Å². The first-order valence-electron chi connectivity index (χ1n) is 4.56. The van der Waals surface area contributed by atoms with E-state index in [4.69, 9.17) is 5.11 Å². The molecule has 0 saturated carbocycles. The van der Waals surface area contributed by atoms with E-state index in [1.54, 1.807) is 12.1 Å². The molecule has 1 aromatic heterocycles. The molecule has 2 aromatic rings. The summed E-state index contributed by atoms with van der Waals surface area (Å²) < 4.78 is 0. The van der Waals surface area contributed by atoms with Gasteiger partial charge in [-0.05, 0) is 30.2 Å². The van der Waals surface area contributed by atoms with Crippen LogP contribution in [0.5, 0.6) is 0 Å². The van der Waals surface area contributed by atoms with Gasteiger partial charge in [0.2, 0.25) is 0 Å². The van der Waals surface area contributed by atoms with Gasteiger partial charge in [0.05, 0.1) is 5.56 Å². The minimum Gasteiger partial charge on any atom is -0.478 e. The fraction of sp³-hybridized carbons (Fsp3) is 0.182. The number of nitrogens with one attached hydrogen (secondary N) is 1. The van der Waals surface area contributed by atoms with Gasteiger partial charge in [-0.25, -0.2) is 4.79 Å². The molecule has 0 amide bonds. The maximum Gasteiger partial charge on any atom is 0.335 e. The van der Waals surface area contributed by atoms with Gasteiger partial charge in [-0.15, -0.1) is 0 Å². The van der Waals surface area contributed by atoms with Crippen molar-refractivity contribution in [2.24, 2.45) is 0 Å². The van der Waals surface area contributed by atoms with E-state index >= 15 is 0 Å². The van der Waals surface area contributed by atoms with E-state index in [9.17, 15) is 4.79 Å². The molecular formula is C11H11NO2. The van der Waals surface area contributed by atoms with Crippen molar-refractivity contribution in [3.63, 3.8) is 0 Å². The topological polar surface area (TPSA) is 53.1 Å². The number of hydrogen-bond donors (Lipinski definition) is 2. The Morgan fingerprint density at radius 2 is 2.21 bits per heavy atom. The largest absolute Gasteiger partial charge is 0.478 e. The number of H-pyrrole nitrogens is 1. The van der Waals surface area contributed by atoms with Crippen LogP contribution in [-0.4, -0.2) is 16.1 Å². The Labute approximate surface area is 81.4 Å². The number of aryl methyl sites for hydroxylation is 1. The third-order valence-electron chi connectivity index (χ3n) is 2.43. The van der Waals surface area contributed by atoms with Crippen molar-refractivity contribution in [1.82, 2.24) is 4.98 Å². The quantitative estimate of drug-likeness (QED) is 0.762. The molecule has 0 fully saturated rings. The lowest BCUT2D eigenvalue weighted by molar-refractivity contribution is 0.0696. The monoisotopic (exact) mass is 189 g/mol. The molecule has 3 nitrogen and oxygen atoms in total. The van der Waals surface area contributed by atoms with E-state index in [1.165, 1.54) is 0 Å². The number of rotatable bonds is 2. The van der Waals surface area contributed by atoms with Gasteiger partial charge in [-0.2, -0.15) is 0 Å². The molecule has 2 N–H and O–H groups in total. The van der Waals surface area contributed by atoms with Gasteiger partial charge >= 0.3 is 5.97 Å². The Hall–Kier alpha value is -1.77. The highest BCUT2D eigenvalue weighted by atomic mass is 16.4. The van der Waals surface area contributed by atoms with Gasteiger partial charge < -0.3 is 10.1 Å². The lowest BCUT2D eigenvalue weighted by Crippen LogP contribution is -2.01. The molecule has 0 radical (unpaired) electrons. The van der Waals surface area contributed by atoms with E-state index < -0.39 is 5.97 Å². The van der Waals surface area contributed by atoms with Crippen molar-refractivity contribution in [2.75, 3.05) is 0 Å². The Balaban J connectivity index is 2.78. The van der Waals surface area contributed by atoms with Crippen LogP contribution in [0.2, 0.25) is 0 Å². The predicted molar refractivity (Wildman–Crippen MR) is 54.6 cm³/mol. The number of aromatic carboxylic acids is 1. The number of carbonyl (C=O) groups is 1. The van der Waals surface area contributed by atoms with Crippen LogP contribution in [-0.2, 0) is 6.42 Å². The number of benzene rings is 1. The summed E-state index contributed by atoms with van der Waals surface area (Å²) in [6.45, 7) is 1.97. The van der Waals surface area contributed by atoms with Crippen molar-refractivity contribution in [3.8, 4) is 0 Å². The average molecular weight is 189 g/mol. The highest BCUT2D eigenvalue weighted by Gasteiger charge is 2.11. The van der Waals surface area contributed by atoms with E-state index in [0.29, 0.717) is 5.56 Å². The Morgan fingerprint density at radius 3 is 2.86 bits per heavy atom. The minimum absolute atomic E-state index is 0.402. The normalized spacial score (nSPS) is 10.6. The zero-order valence-corrected chi connectivity index (χ0v) is 7.87. The highest BCUT2D eigenvalue weighted by Crippen LogP contribution is 2.22. The van der Waals surface area contributed by atoms with E-state index in [-0.39, 0.29) is 0 Å². The Morgan fingerprint density at radius 1 is 1.43 bits per heavy atom. The van der Waals surface area contributed by atoms with Gasteiger partial charge in [-0.3, -0.25) is 0 Å². The van der Waals surface area contributed by atoms with Crippen molar-refractivity contribution >= 4 is 16.9 Å². The van der Waals surface area contributed by atoms with Crippen LogP contribution in [0.4, 0.5) is 0 Å². The molecule has 14 heavy (non-hydrogen) atoms. The summed E-state index contributed by atoms with van der Waals surface area (Å²) in [6.07, 6.45) is 2.56. The zero-order valence-electron chi connectivity index (χ0n) is 7.87. The van der Waals surface area contributed by atoms with Gasteiger partial charge in [-0.1, -0.05) is 6.92 Å². The highest BCUT2D eigenvalue weighted by molar-refractivity contribution is 5.97. The molecule has 0 aliphatic heterocycles. The molecule has 1 heterocycles. The molecule has 0 bridgehead atoms. The number of aromatic amines is 1. The lowest BCUT2D eigenvalue weighted by Gasteiger charge is -2.04. The average Bonchev–Trinajstić information content (AvgIpc) is 2.63. The molecule has 0 aliphatic carbocycles. The number of aromatic nitrogens is 1. The molecule has 0 unspecified atom stereocenters. The maximum absolute atomic E-state index is 10.9. The van der Waals surface area contributed by atoms with E-state index in [1.807, 2.05) is 19.2 Å². The molecule has 2 rings (SSSR count). The fourth-order valence-corrected chi connectivity index (χ4v) is 1.78. The summed E-state index contributed by atoms with van der Waals surface area (Å²) in [6, 6.07) is 5.37. The summed E-state index contributed by atoms with van der Waals surface area (Å²) in [5.41, 5.74) is 2.29. The van der Waals surface area contributed by atoms with Crippen LogP contribution in [0.15, 0.2) is 24.4 Å². The SMILES string of the molecule is CCc1c(C(=O)O)ccc2[nH]ccc12. The molecule has 3 heteroatoms. The van der Waals surface area contributed by atoms with Gasteiger partial charge in [0.1, 0.15) is 0 Å². The molecule has 0 aliphatic rings. The van der Waals surface area contributed by atoms with Crippen LogP contribution in [0.1, 0.15) is 22.8 Å². The van der Waals surface area contributed by atoms with Gasteiger partial charge in [0, 0.05) is 17.1 Å². The van der Waals surface area contributed by atoms with E-state index in [0.717, 1.165) is 22.9 Å². The first kappa shape index (κ1) is 8.81. The summed E-state index contributed by atoms with van der Waals surface area (Å²) >= 11 is 0. The molecule has 72 valence electrons. The van der Waals surface area contributed by atoms with Crippen LogP contribution in [0.3, 0.4) is 0 Å². The zero-order chi connectivity index (χ0) is 10.1. The third-order valence-corrected chi connectivity index (χ3v) is 2.43. The standard InChI is InChI=1S/C11H11NO2/c1-2-7-8-5-6-12-10(8)4-3-9(7)11(13)14/h3-6,12H,2H2,1H3,(H,13,14). The summed E-state index contributed by atoms with van der Waals surface area (Å²) in [7, 11) is 0. The van der Waals surface area contributed by atoms with Crippen molar-refractivity contribution in [1.29, 1.82) is 0 Å². The molecular weight excluding hydrogens is 178 g/mol. The summed E-state index contributed by atoms with van der Waals surface area (Å²) in [5.74, 6) is -0.857. The minimum atomic E-state index is -0.857. The lowest BCUT2D eigenvalue weighted by atomic mass is 10.0. The number of carboxylic acid groups (broad SMARTS) is 1. The Bertz CT molecular complexity index is 485. The molecule has 0 atom stereocenters. The Kier molecular flexibility index (Phi) is 2.00. The first-order valence-corrected chi connectivity index (χ1v) is 4.56. The fourth-order valence-electron chi connectivity index (χ4n) is 1.78. The maximum atomic E-state index is 10.9. The summed E-state index contributed by atoms with van der Waals surface area (Å²) in [5, 5.41) is 9.99. The third kappa shape index (κ3) is 1.18. The van der Waals surface area contributed by atoms with Crippen molar-refractivity contribution < 1.29 is 9.90 Å². The van der Waals surface area contributed by atoms with Gasteiger partial charge in [0.15, 0.2) is 0 Å². The summed E-state index contributed by atoms with van der Waals surface area (Å²) in [4.78, 5) is 14.0. The smallest absolute Gasteiger partial charge is 0.335 e. The van der Waals surface area contributed by atoms with Gasteiger partial charge in [0.25, 0.3) is 0 Å². The van der Waals surface area contributed by atoms with E-state index in [2.05, 4.69) is 4.98 Å². The van der Waals surface area contributed by atoms with Crippen LogP contribution < -0.4 is 0 Å². The van der Waals surface area contributed by atoms with Crippen LogP contribution in [0.25, 0.3) is 10.9 Å². The molecule has 1 aromatic carbocycles.